The van der Waals surface area contributed by atoms with Crippen LogP contribution in [0.5, 0.6) is 0 Å². The summed E-state index contributed by atoms with van der Waals surface area (Å²) in [6.45, 7) is 0.310. The van der Waals surface area contributed by atoms with Crippen molar-refractivity contribution >= 4 is 44.0 Å². The number of benzene rings is 2. The largest absolute Gasteiger partial charge is 0.321 e. The zero-order valence-corrected chi connectivity index (χ0v) is 17.8. The van der Waals surface area contributed by atoms with Crippen molar-refractivity contribution in [2.24, 2.45) is 0 Å². The Kier molecular flexibility index (Phi) is 5.67. The van der Waals surface area contributed by atoms with E-state index < -0.39 is 10.0 Å². The van der Waals surface area contributed by atoms with Crippen LogP contribution in [0.15, 0.2) is 67.0 Å². The molecule has 0 aliphatic carbocycles. The highest BCUT2D eigenvalue weighted by atomic mass is 32.2. The summed E-state index contributed by atoms with van der Waals surface area (Å²) < 4.78 is 26.7. The number of rotatable bonds is 7. The van der Waals surface area contributed by atoms with Gasteiger partial charge in [-0.2, -0.15) is 0 Å². The molecule has 0 saturated carbocycles. The molecule has 1 amide bonds. The number of hydrogen-bond acceptors (Lipinski definition) is 5. The Morgan fingerprint density at radius 1 is 1.07 bits per heavy atom. The van der Waals surface area contributed by atoms with Gasteiger partial charge < -0.3 is 5.32 Å². The van der Waals surface area contributed by atoms with Crippen LogP contribution in [0.2, 0.25) is 0 Å². The molecule has 0 aliphatic rings. The number of nitrogens with zero attached hydrogens (tertiary/aromatic N) is 2. The minimum Gasteiger partial charge on any atom is -0.321 e. The fraction of sp³-hybridized carbons (Fsp3) is 0.143. The number of fused-ring (bicyclic) bond motifs is 1. The molecule has 0 radical (unpaired) electrons. The van der Waals surface area contributed by atoms with Gasteiger partial charge in [-0.1, -0.05) is 12.1 Å². The molecular formula is C21H20N4O3S2. The maximum Gasteiger partial charge on any atom is 0.265 e. The summed E-state index contributed by atoms with van der Waals surface area (Å²) in [6, 6.07) is 19.1. The van der Waals surface area contributed by atoms with Crippen molar-refractivity contribution in [2.45, 2.75) is 6.42 Å². The smallest absolute Gasteiger partial charge is 0.265 e. The number of aromatic nitrogens is 2. The van der Waals surface area contributed by atoms with E-state index in [1.807, 2.05) is 59.2 Å². The monoisotopic (exact) mass is 440 g/mol. The molecule has 4 aromatic rings. The van der Waals surface area contributed by atoms with Crippen molar-refractivity contribution in [3.63, 3.8) is 0 Å². The first-order valence-electron chi connectivity index (χ1n) is 9.26. The summed E-state index contributed by atoms with van der Waals surface area (Å²) in [7, 11) is -3.21. The van der Waals surface area contributed by atoms with Gasteiger partial charge in [0.2, 0.25) is 10.0 Å². The second-order valence-electron chi connectivity index (χ2n) is 6.79. The van der Waals surface area contributed by atoms with Crippen molar-refractivity contribution in [3.05, 3.63) is 76.7 Å². The van der Waals surface area contributed by atoms with Gasteiger partial charge in [-0.3, -0.25) is 9.36 Å². The molecule has 2 heterocycles. The van der Waals surface area contributed by atoms with Crippen LogP contribution in [0, 0.1) is 0 Å². The number of sulfonamides is 1. The van der Waals surface area contributed by atoms with Crippen LogP contribution in [0.3, 0.4) is 0 Å². The number of carbonyl (C=O) groups excluding carboxylic acids is 1. The molecule has 2 N–H and O–H groups in total. The zero-order chi connectivity index (χ0) is 21.1. The molecule has 9 heteroatoms. The summed E-state index contributed by atoms with van der Waals surface area (Å²) in [4.78, 5) is 18.4. The number of hydrogen-bond donors (Lipinski definition) is 2. The zero-order valence-electron chi connectivity index (χ0n) is 16.2. The molecule has 0 saturated heterocycles. The molecule has 4 rings (SSSR count). The van der Waals surface area contributed by atoms with E-state index in [9.17, 15) is 13.2 Å². The number of imidazole rings is 1. The fourth-order valence-corrected chi connectivity index (χ4v) is 4.43. The lowest BCUT2D eigenvalue weighted by Gasteiger charge is -2.07. The second-order valence-corrected chi connectivity index (χ2v) is 9.79. The average Bonchev–Trinajstić information content (AvgIpc) is 3.35. The van der Waals surface area contributed by atoms with Gasteiger partial charge in [0.05, 0.1) is 22.2 Å². The van der Waals surface area contributed by atoms with Gasteiger partial charge in [0.1, 0.15) is 6.33 Å². The summed E-state index contributed by atoms with van der Waals surface area (Å²) in [5.41, 5.74) is 3.60. The van der Waals surface area contributed by atoms with E-state index in [4.69, 9.17) is 0 Å². The van der Waals surface area contributed by atoms with Gasteiger partial charge >= 0.3 is 0 Å². The highest BCUT2D eigenvalue weighted by Gasteiger charge is 2.11. The molecule has 0 aliphatic heterocycles. The lowest BCUT2D eigenvalue weighted by molar-refractivity contribution is 0.103. The maximum absolute atomic E-state index is 12.5. The van der Waals surface area contributed by atoms with Gasteiger partial charge in [-0.05, 0) is 55.0 Å². The molecule has 2 aromatic heterocycles. The van der Waals surface area contributed by atoms with E-state index in [1.165, 1.54) is 11.3 Å². The van der Waals surface area contributed by atoms with Crippen LogP contribution in [0.25, 0.3) is 16.7 Å². The van der Waals surface area contributed by atoms with Crippen molar-refractivity contribution in [3.8, 4) is 5.69 Å². The first kappa shape index (κ1) is 20.3. The highest BCUT2D eigenvalue weighted by molar-refractivity contribution is 7.88. The standard InChI is InChI=1S/C21H20N4O3S2/c1-30(27,28)23-13-12-17-10-11-20(29-17)21(26)24-15-6-8-16(9-7-15)25-14-22-18-4-2-3-5-19(18)25/h2-11,14,23H,12-13H2,1H3,(H,24,26). The Hall–Kier alpha value is -3.01. The van der Waals surface area contributed by atoms with Gasteiger partial charge in [0, 0.05) is 22.8 Å². The Morgan fingerprint density at radius 3 is 2.60 bits per heavy atom. The van der Waals surface area contributed by atoms with E-state index in [1.54, 1.807) is 12.4 Å². The van der Waals surface area contributed by atoms with Crippen LogP contribution in [-0.2, 0) is 16.4 Å². The van der Waals surface area contributed by atoms with Crippen LogP contribution in [0.4, 0.5) is 5.69 Å². The Labute approximate surface area is 178 Å². The number of amides is 1. The van der Waals surface area contributed by atoms with Crippen LogP contribution < -0.4 is 10.0 Å². The Balaban J connectivity index is 1.40. The van der Waals surface area contributed by atoms with Crippen molar-refractivity contribution in [2.75, 3.05) is 18.1 Å². The summed E-state index contributed by atoms with van der Waals surface area (Å²) in [5.74, 6) is -0.192. The molecule has 7 nitrogen and oxygen atoms in total. The number of carbonyl (C=O) groups is 1. The first-order valence-corrected chi connectivity index (χ1v) is 12.0. The predicted molar refractivity (Wildman–Crippen MR) is 120 cm³/mol. The lowest BCUT2D eigenvalue weighted by Crippen LogP contribution is -2.24. The van der Waals surface area contributed by atoms with Crippen molar-refractivity contribution in [1.82, 2.24) is 14.3 Å². The van der Waals surface area contributed by atoms with Gasteiger partial charge in [0.15, 0.2) is 0 Å². The molecule has 30 heavy (non-hydrogen) atoms. The third-order valence-corrected chi connectivity index (χ3v) is 6.35. The van der Waals surface area contributed by atoms with Crippen LogP contribution in [0.1, 0.15) is 14.5 Å². The number of thiophene rings is 1. The molecule has 0 fully saturated rings. The van der Waals surface area contributed by atoms with E-state index in [2.05, 4.69) is 15.0 Å². The molecular weight excluding hydrogens is 420 g/mol. The van der Waals surface area contributed by atoms with Crippen LogP contribution >= 0.6 is 11.3 Å². The molecule has 0 bridgehead atoms. The number of para-hydroxylation sites is 2. The summed E-state index contributed by atoms with van der Waals surface area (Å²) >= 11 is 1.35. The quantitative estimate of drug-likeness (QED) is 0.460. The van der Waals surface area contributed by atoms with Crippen LogP contribution in [-0.4, -0.2) is 36.7 Å². The van der Waals surface area contributed by atoms with E-state index >= 15 is 0 Å². The summed E-state index contributed by atoms with van der Waals surface area (Å²) in [6.07, 6.45) is 3.45. The molecule has 2 aromatic carbocycles. The highest BCUT2D eigenvalue weighted by Crippen LogP contribution is 2.21. The van der Waals surface area contributed by atoms with E-state index in [0.717, 1.165) is 27.9 Å². The molecule has 154 valence electrons. The van der Waals surface area contributed by atoms with E-state index in [0.29, 0.717) is 23.5 Å². The predicted octanol–water partition coefficient (Wildman–Crippen LogP) is 3.43. The maximum atomic E-state index is 12.5. The SMILES string of the molecule is CS(=O)(=O)NCCc1ccc(C(=O)Nc2ccc(-n3cnc4ccccc43)cc2)s1. The third-order valence-electron chi connectivity index (χ3n) is 4.48. The molecule has 0 atom stereocenters. The lowest BCUT2D eigenvalue weighted by atomic mass is 10.2. The number of nitrogens with one attached hydrogen (secondary N) is 2. The minimum absolute atomic E-state index is 0.192. The average molecular weight is 441 g/mol. The second kappa shape index (κ2) is 8.39. The Bertz CT molecular complexity index is 1290. The third kappa shape index (κ3) is 4.76. The summed E-state index contributed by atoms with van der Waals surface area (Å²) in [5, 5.41) is 2.90. The topological polar surface area (TPSA) is 93.1 Å². The first-order chi connectivity index (χ1) is 14.4. The van der Waals surface area contributed by atoms with Gasteiger partial charge in [-0.15, -0.1) is 11.3 Å². The van der Waals surface area contributed by atoms with Gasteiger partial charge in [-0.25, -0.2) is 18.1 Å². The van der Waals surface area contributed by atoms with E-state index in [-0.39, 0.29) is 5.91 Å². The molecule has 0 unspecified atom stereocenters. The minimum atomic E-state index is -3.21. The van der Waals surface area contributed by atoms with Crippen molar-refractivity contribution < 1.29 is 13.2 Å². The normalized spacial score (nSPS) is 11.6. The van der Waals surface area contributed by atoms with Crippen molar-refractivity contribution in [1.29, 1.82) is 0 Å². The fourth-order valence-electron chi connectivity index (χ4n) is 3.06. The Morgan fingerprint density at radius 2 is 1.83 bits per heavy atom. The number of anilines is 1. The van der Waals surface area contributed by atoms with Gasteiger partial charge in [0.25, 0.3) is 5.91 Å². The molecule has 0 spiro atoms.